The maximum absolute atomic E-state index is 12.2. The Morgan fingerprint density at radius 3 is 2.31 bits per heavy atom. The molecule has 0 spiro atoms. The highest BCUT2D eigenvalue weighted by Crippen LogP contribution is 2.23. The number of carbonyl (C=O) groups is 1. The molecular formula is C20H22N4OS. The fourth-order valence-corrected chi connectivity index (χ4v) is 3.48. The number of anilines is 1. The van der Waals surface area contributed by atoms with Crippen LogP contribution in [0.25, 0.3) is 11.4 Å². The molecule has 1 aromatic heterocycles. The van der Waals surface area contributed by atoms with Gasteiger partial charge in [0.15, 0.2) is 11.0 Å². The van der Waals surface area contributed by atoms with Crippen molar-refractivity contribution < 1.29 is 4.79 Å². The number of thioether (sulfide) groups is 1. The summed E-state index contributed by atoms with van der Waals surface area (Å²) in [6.07, 6.45) is 0. The second kappa shape index (κ2) is 7.74. The molecule has 0 aliphatic rings. The van der Waals surface area contributed by atoms with Crippen molar-refractivity contribution >= 4 is 23.4 Å². The number of carbonyl (C=O) groups excluding carboxylic acids is 1. The van der Waals surface area contributed by atoms with Crippen molar-refractivity contribution in [3.63, 3.8) is 0 Å². The molecule has 1 N–H and O–H groups in total. The highest BCUT2D eigenvalue weighted by atomic mass is 32.2. The Bertz CT molecular complexity index is 911. The van der Waals surface area contributed by atoms with E-state index in [-0.39, 0.29) is 11.7 Å². The average molecular weight is 366 g/mol. The molecule has 0 atom stereocenters. The third-order valence-corrected chi connectivity index (χ3v) is 5.00. The van der Waals surface area contributed by atoms with Crippen LogP contribution in [0.3, 0.4) is 0 Å². The largest absolute Gasteiger partial charge is 0.325 e. The maximum Gasteiger partial charge on any atom is 0.234 e. The van der Waals surface area contributed by atoms with Crippen LogP contribution in [0.2, 0.25) is 0 Å². The minimum absolute atomic E-state index is 0.0557. The van der Waals surface area contributed by atoms with Crippen LogP contribution in [0.5, 0.6) is 0 Å². The van der Waals surface area contributed by atoms with Crippen molar-refractivity contribution in [2.75, 3.05) is 11.1 Å². The number of hydrogen-bond donors (Lipinski definition) is 1. The molecule has 0 radical (unpaired) electrons. The van der Waals surface area contributed by atoms with Crippen LogP contribution in [0.1, 0.15) is 16.7 Å². The number of amides is 1. The fourth-order valence-electron chi connectivity index (χ4n) is 2.77. The van der Waals surface area contributed by atoms with Gasteiger partial charge in [0.05, 0.1) is 5.75 Å². The van der Waals surface area contributed by atoms with E-state index in [1.807, 2.05) is 61.9 Å². The predicted molar refractivity (Wildman–Crippen MR) is 106 cm³/mol. The highest BCUT2D eigenvalue weighted by molar-refractivity contribution is 7.99. The number of nitrogens with zero attached hydrogens (tertiary/aromatic N) is 3. The molecule has 134 valence electrons. The van der Waals surface area contributed by atoms with Gasteiger partial charge in [0.25, 0.3) is 0 Å². The Labute approximate surface area is 157 Å². The smallest absolute Gasteiger partial charge is 0.234 e. The van der Waals surface area contributed by atoms with Gasteiger partial charge >= 0.3 is 0 Å². The van der Waals surface area contributed by atoms with E-state index in [4.69, 9.17) is 0 Å². The van der Waals surface area contributed by atoms with Crippen LogP contribution in [-0.4, -0.2) is 26.4 Å². The van der Waals surface area contributed by atoms with Gasteiger partial charge in [0.1, 0.15) is 0 Å². The standard InChI is InChI=1S/C20H22N4OS/c1-13-5-7-16(8-6-13)19-22-23-20(24(19)4)26-12-18(25)21-17-10-14(2)9-15(3)11-17/h5-11H,12H2,1-4H3,(H,21,25). The van der Waals surface area contributed by atoms with Crippen molar-refractivity contribution in [2.24, 2.45) is 7.05 Å². The molecule has 0 saturated carbocycles. The van der Waals surface area contributed by atoms with E-state index in [1.54, 1.807) is 0 Å². The molecular weight excluding hydrogens is 344 g/mol. The van der Waals surface area contributed by atoms with Crippen LogP contribution in [0.15, 0.2) is 47.6 Å². The molecule has 1 amide bonds. The first-order valence-electron chi connectivity index (χ1n) is 8.40. The molecule has 0 bridgehead atoms. The van der Waals surface area contributed by atoms with Crippen LogP contribution >= 0.6 is 11.8 Å². The summed E-state index contributed by atoms with van der Waals surface area (Å²) in [5.74, 6) is 1.02. The zero-order valence-electron chi connectivity index (χ0n) is 15.4. The molecule has 0 unspecified atom stereocenters. The Kier molecular flexibility index (Phi) is 5.42. The number of rotatable bonds is 5. The van der Waals surface area contributed by atoms with Gasteiger partial charge in [-0.15, -0.1) is 10.2 Å². The normalized spacial score (nSPS) is 10.8. The van der Waals surface area contributed by atoms with Crippen LogP contribution in [0, 0.1) is 20.8 Å². The molecule has 3 rings (SSSR count). The molecule has 3 aromatic rings. The van der Waals surface area contributed by atoms with Gasteiger partial charge in [-0.3, -0.25) is 4.79 Å². The van der Waals surface area contributed by atoms with E-state index in [0.717, 1.165) is 33.4 Å². The number of benzene rings is 2. The SMILES string of the molecule is Cc1ccc(-c2nnc(SCC(=O)Nc3cc(C)cc(C)c3)n2C)cc1. The number of nitrogens with one attached hydrogen (secondary N) is 1. The molecule has 26 heavy (non-hydrogen) atoms. The minimum Gasteiger partial charge on any atom is -0.325 e. The summed E-state index contributed by atoms with van der Waals surface area (Å²) in [5, 5.41) is 12.1. The summed E-state index contributed by atoms with van der Waals surface area (Å²) in [4.78, 5) is 12.2. The third-order valence-electron chi connectivity index (χ3n) is 3.98. The summed E-state index contributed by atoms with van der Waals surface area (Å²) in [7, 11) is 1.92. The number of hydrogen-bond acceptors (Lipinski definition) is 4. The second-order valence-electron chi connectivity index (χ2n) is 6.44. The van der Waals surface area contributed by atoms with Crippen molar-refractivity contribution in [1.29, 1.82) is 0 Å². The van der Waals surface area contributed by atoms with Crippen molar-refractivity contribution in [3.8, 4) is 11.4 Å². The van der Waals surface area contributed by atoms with Gasteiger partial charge in [-0.2, -0.15) is 0 Å². The summed E-state index contributed by atoms with van der Waals surface area (Å²) in [6, 6.07) is 14.2. The van der Waals surface area contributed by atoms with E-state index in [9.17, 15) is 4.79 Å². The van der Waals surface area contributed by atoms with E-state index in [1.165, 1.54) is 17.3 Å². The summed E-state index contributed by atoms with van der Waals surface area (Å²) < 4.78 is 1.92. The molecule has 5 nitrogen and oxygen atoms in total. The van der Waals surface area contributed by atoms with Crippen molar-refractivity contribution in [3.05, 3.63) is 59.2 Å². The third kappa shape index (κ3) is 4.32. The first-order chi connectivity index (χ1) is 12.4. The molecule has 0 saturated heterocycles. The minimum atomic E-state index is -0.0557. The molecule has 0 aliphatic heterocycles. The Balaban J connectivity index is 1.64. The summed E-state index contributed by atoms with van der Waals surface area (Å²) >= 11 is 1.38. The fraction of sp³-hybridized carbons (Fsp3) is 0.250. The molecule has 6 heteroatoms. The lowest BCUT2D eigenvalue weighted by Crippen LogP contribution is -2.14. The van der Waals surface area contributed by atoms with Crippen molar-refractivity contribution in [1.82, 2.24) is 14.8 Å². The Hall–Kier alpha value is -2.60. The lowest BCUT2D eigenvalue weighted by atomic mass is 10.1. The van der Waals surface area contributed by atoms with Gasteiger partial charge in [-0.05, 0) is 44.0 Å². The quantitative estimate of drug-likeness (QED) is 0.690. The average Bonchev–Trinajstić information content (AvgIpc) is 2.93. The van der Waals surface area contributed by atoms with E-state index in [2.05, 4.69) is 28.5 Å². The van der Waals surface area contributed by atoms with Crippen LogP contribution in [0.4, 0.5) is 5.69 Å². The summed E-state index contributed by atoms with van der Waals surface area (Å²) in [5.41, 5.74) is 5.30. The lowest BCUT2D eigenvalue weighted by molar-refractivity contribution is -0.113. The maximum atomic E-state index is 12.2. The van der Waals surface area contributed by atoms with Gasteiger partial charge in [-0.1, -0.05) is 47.7 Å². The second-order valence-corrected chi connectivity index (χ2v) is 7.39. The van der Waals surface area contributed by atoms with Gasteiger partial charge < -0.3 is 9.88 Å². The first-order valence-corrected chi connectivity index (χ1v) is 9.38. The first kappa shape index (κ1) is 18.2. The Morgan fingerprint density at radius 2 is 1.65 bits per heavy atom. The van der Waals surface area contributed by atoms with Gasteiger partial charge in [0, 0.05) is 18.3 Å². The number of aromatic nitrogens is 3. The van der Waals surface area contributed by atoms with Crippen LogP contribution in [-0.2, 0) is 11.8 Å². The molecule has 0 fully saturated rings. The number of aryl methyl sites for hydroxylation is 3. The molecule has 2 aromatic carbocycles. The van der Waals surface area contributed by atoms with E-state index < -0.39 is 0 Å². The topological polar surface area (TPSA) is 59.8 Å². The Morgan fingerprint density at radius 1 is 1.00 bits per heavy atom. The lowest BCUT2D eigenvalue weighted by Gasteiger charge is -2.07. The van der Waals surface area contributed by atoms with E-state index >= 15 is 0 Å². The van der Waals surface area contributed by atoms with Gasteiger partial charge in [-0.25, -0.2) is 0 Å². The predicted octanol–water partition coefficient (Wildman–Crippen LogP) is 4.14. The summed E-state index contributed by atoms with van der Waals surface area (Å²) in [6.45, 7) is 6.09. The van der Waals surface area contributed by atoms with E-state index in [0.29, 0.717) is 0 Å². The van der Waals surface area contributed by atoms with Gasteiger partial charge in [0.2, 0.25) is 5.91 Å². The van der Waals surface area contributed by atoms with Crippen LogP contribution < -0.4 is 5.32 Å². The monoisotopic (exact) mass is 366 g/mol. The highest BCUT2D eigenvalue weighted by Gasteiger charge is 2.13. The van der Waals surface area contributed by atoms with Crippen molar-refractivity contribution in [2.45, 2.75) is 25.9 Å². The zero-order chi connectivity index (χ0) is 18.7. The molecule has 1 heterocycles. The zero-order valence-corrected chi connectivity index (χ0v) is 16.2. The molecule has 0 aliphatic carbocycles.